The number of aromatic nitrogens is 4. The van der Waals surface area contributed by atoms with Crippen molar-refractivity contribution in [1.82, 2.24) is 25.3 Å². The van der Waals surface area contributed by atoms with E-state index in [0.29, 0.717) is 17.8 Å². The molecule has 3 aromatic heterocycles. The maximum absolute atomic E-state index is 12.2. The summed E-state index contributed by atoms with van der Waals surface area (Å²) in [6.45, 7) is 2.22. The summed E-state index contributed by atoms with van der Waals surface area (Å²) in [5.74, 6) is 1.38. The van der Waals surface area contributed by atoms with Crippen LogP contribution in [-0.2, 0) is 6.54 Å². The summed E-state index contributed by atoms with van der Waals surface area (Å²) in [5, 5.41) is 11.0. The van der Waals surface area contributed by atoms with Crippen molar-refractivity contribution < 1.29 is 9.21 Å². The zero-order valence-corrected chi connectivity index (χ0v) is 13.5. The van der Waals surface area contributed by atoms with Crippen molar-refractivity contribution in [2.75, 3.05) is 0 Å². The lowest BCUT2D eigenvalue weighted by Gasteiger charge is -2.05. The highest BCUT2D eigenvalue weighted by Crippen LogP contribution is 2.14. The van der Waals surface area contributed by atoms with Gasteiger partial charge in [-0.1, -0.05) is 5.21 Å². The first kappa shape index (κ1) is 15.1. The first-order valence-electron chi connectivity index (χ1n) is 7.81. The number of carbonyl (C=O) groups is 1. The van der Waals surface area contributed by atoms with Crippen LogP contribution in [0.15, 0.2) is 59.1 Å². The van der Waals surface area contributed by atoms with E-state index in [1.807, 2.05) is 43.3 Å². The predicted molar refractivity (Wildman–Crippen MR) is 91.3 cm³/mol. The van der Waals surface area contributed by atoms with Gasteiger partial charge in [-0.25, -0.2) is 4.98 Å². The third-order valence-corrected chi connectivity index (χ3v) is 3.80. The third-order valence-electron chi connectivity index (χ3n) is 3.80. The second kappa shape index (κ2) is 6.20. The lowest BCUT2D eigenvalue weighted by molar-refractivity contribution is 0.0948. The summed E-state index contributed by atoms with van der Waals surface area (Å²) < 4.78 is 7.08. The fourth-order valence-electron chi connectivity index (χ4n) is 2.54. The van der Waals surface area contributed by atoms with Gasteiger partial charge in [0, 0.05) is 11.8 Å². The molecule has 0 saturated heterocycles. The summed E-state index contributed by atoms with van der Waals surface area (Å²) in [6, 6.07) is 14.5. The van der Waals surface area contributed by atoms with Crippen molar-refractivity contribution in [3.63, 3.8) is 0 Å². The number of nitrogens with zero attached hydrogens (tertiary/aromatic N) is 4. The van der Waals surface area contributed by atoms with Gasteiger partial charge in [0.15, 0.2) is 5.65 Å². The largest absolute Gasteiger partial charge is 0.465 e. The maximum atomic E-state index is 12.2. The molecule has 1 N–H and O–H groups in total. The van der Waals surface area contributed by atoms with E-state index in [9.17, 15) is 4.79 Å². The first-order chi connectivity index (χ1) is 12.2. The average Bonchev–Trinajstić information content (AvgIpc) is 3.26. The van der Waals surface area contributed by atoms with Crippen LogP contribution in [0.4, 0.5) is 0 Å². The van der Waals surface area contributed by atoms with E-state index in [4.69, 9.17) is 4.42 Å². The molecule has 7 heteroatoms. The fraction of sp³-hybridized carbons (Fsp3) is 0.111. The molecular weight excluding hydrogens is 318 g/mol. The molecule has 7 nitrogen and oxygen atoms in total. The van der Waals surface area contributed by atoms with Crippen molar-refractivity contribution in [1.29, 1.82) is 0 Å². The van der Waals surface area contributed by atoms with Crippen molar-refractivity contribution >= 4 is 17.1 Å². The van der Waals surface area contributed by atoms with Gasteiger partial charge in [-0.2, -0.15) is 4.68 Å². The van der Waals surface area contributed by atoms with Gasteiger partial charge in [0.25, 0.3) is 5.91 Å². The topological polar surface area (TPSA) is 85.8 Å². The average molecular weight is 333 g/mol. The monoisotopic (exact) mass is 333 g/mol. The molecule has 0 aliphatic rings. The van der Waals surface area contributed by atoms with Gasteiger partial charge in [0.1, 0.15) is 17.0 Å². The summed E-state index contributed by atoms with van der Waals surface area (Å²) in [6.07, 6.45) is 1.69. The highest BCUT2D eigenvalue weighted by molar-refractivity contribution is 5.94. The number of fused-ring (bicyclic) bond motifs is 1. The van der Waals surface area contributed by atoms with E-state index in [-0.39, 0.29) is 5.91 Å². The Bertz CT molecular complexity index is 1030. The first-order valence-corrected chi connectivity index (χ1v) is 7.81. The Kier molecular flexibility index (Phi) is 3.74. The Labute approximate surface area is 143 Å². The van der Waals surface area contributed by atoms with Crippen molar-refractivity contribution in [2.45, 2.75) is 13.5 Å². The van der Waals surface area contributed by atoms with E-state index in [2.05, 4.69) is 20.6 Å². The zero-order valence-electron chi connectivity index (χ0n) is 13.5. The van der Waals surface area contributed by atoms with Gasteiger partial charge in [-0.15, -0.1) is 5.10 Å². The van der Waals surface area contributed by atoms with Crippen LogP contribution in [-0.4, -0.2) is 25.9 Å². The molecule has 0 spiro atoms. The minimum Gasteiger partial charge on any atom is -0.465 e. The van der Waals surface area contributed by atoms with Crippen LogP contribution >= 0.6 is 0 Å². The quantitative estimate of drug-likeness (QED) is 0.620. The Balaban J connectivity index is 1.50. The molecule has 0 aliphatic carbocycles. The standard InChI is InChI=1S/C18H15N5O2/c1-12-4-9-15(25-12)11-20-18(24)13-5-7-14(8-6-13)23-17-16(21-22-23)3-2-10-19-17/h2-10H,11H2,1H3,(H,20,24). The number of pyridine rings is 1. The number of amides is 1. The van der Waals surface area contributed by atoms with Crippen LogP contribution in [0.1, 0.15) is 21.9 Å². The SMILES string of the molecule is Cc1ccc(CNC(=O)c2ccc(-n3nnc4cccnc43)cc2)o1. The summed E-state index contributed by atoms with van der Waals surface area (Å²) in [7, 11) is 0. The number of hydrogen-bond acceptors (Lipinski definition) is 5. The molecule has 1 aromatic carbocycles. The van der Waals surface area contributed by atoms with E-state index in [1.165, 1.54) is 0 Å². The summed E-state index contributed by atoms with van der Waals surface area (Å²) >= 11 is 0. The molecule has 4 rings (SSSR count). The minimum absolute atomic E-state index is 0.165. The van der Waals surface area contributed by atoms with E-state index < -0.39 is 0 Å². The molecule has 0 aliphatic heterocycles. The van der Waals surface area contributed by atoms with Crippen LogP contribution in [0.2, 0.25) is 0 Å². The van der Waals surface area contributed by atoms with Crippen LogP contribution in [0, 0.1) is 6.92 Å². The van der Waals surface area contributed by atoms with Gasteiger partial charge in [-0.05, 0) is 55.5 Å². The Morgan fingerprint density at radius 3 is 2.76 bits per heavy atom. The lowest BCUT2D eigenvalue weighted by Crippen LogP contribution is -2.22. The number of benzene rings is 1. The minimum atomic E-state index is -0.165. The van der Waals surface area contributed by atoms with E-state index in [0.717, 1.165) is 22.7 Å². The van der Waals surface area contributed by atoms with Gasteiger partial charge in [0.2, 0.25) is 0 Å². The highest BCUT2D eigenvalue weighted by atomic mass is 16.3. The van der Waals surface area contributed by atoms with Gasteiger partial charge in [0.05, 0.1) is 12.2 Å². The molecule has 1 amide bonds. The van der Waals surface area contributed by atoms with Crippen molar-refractivity contribution in [2.24, 2.45) is 0 Å². The number of hydrogen-bond donors (Lipinski definition) is 1. The normalized spacial score (nSPS) is 10.9. The Morgan fingerprint density at radius 2 is 2.00 bits per heavy atom. The third kappa shape index (κ3) is 2.99. The second-order valence-corrected chi connectivity index (χ2v) is 5.59. The second-order valence-electron chi connectivity index (χ2n) is 5.59. The molecule has 0 unspecified atom stereocenters. The molecule has 4 aromatic rings. The molecule has 124 valence electrons. The molecule has 0 bridgehead atoms. The fourth-order valence-corrected chi connectivity index (χ4v) is 2.54. The smallest absolute Gasteiger partial charge is 0.251 e. The van der Waals surface area contributed by atoms with E-state index >= 15 is 0 Å². The number of carbonyl (C=O) groups excluding carboxylic acids is 1. The van der Waals surface area contributed by atoms with Crippen molar-refractivity contribution in [3.8, 4) is 5.69 Å². The molecule has 0 fully saturated rings. The molecule has 0 atom stereocenters. The number of nitrogens with one attached hydrogen (secondary N) is 1. The zero-order chi connectivity index (χ0) is 17.2. The van der Waals surface area contributed by atoms with Gasteiger partial charge < -0.3 is 9.73 Å². The summed E-state index contributed by atoms with van der Waals surface area (Å²) in [5.41, 5.74) is 2.75. The molecule has 3 heterocycles. The molecule has 0 radical (unpaired) electrons. The highest BCUT2D eigenvalue weighted by Gasteiger charge is 2.10. The lowest BCUT2D eigenvalue weighted by atomic mass is 10.2. The van der Waals surface area contributed by atoms with Crippen LogP contribution < -0.4 is 5.32 Å². The maximum Gasteiger partial charge on any atom is 0.251 e. The molecule has 25 heavy (non-hydrogen) atoms. The van der Waals surface area contributed by atoms with Crippen molar-refractivity contribution in [3.05, 3.63) is 71.8 Å². The number of furan rings is 1. The van der Waals surface area contributed by atoms with Crippen LogP contribution in [0.5, 0.6) is 0 Å². The number of rotatable bonds is 4. The van der Waals surface area contributed by atoms with Gasteiger partial charge >= 0.3 is 0 Å². The number of aryl methyl sites for hydroxylation is 1. The Hall–Kier alpha value is -3.48. The molecular formula is C18H15N5O2. The molecule has 0 saturated carbocycles. The Morgan fingerprint density at radius 1 is 1.16 bits per heavy atom. The summed E-state index contributed by atoms with van der Waals surface area (Å²) in [4.78, 5) is 16.5. The van der Waals surface area contributed by atoms with Gasteiger partial charge in [-0.3, -0.25) is 4.79 Å². The van der Waals surface area contributed by atoms with Crippen LogP contribution in [0.25, 0.3) is 16.9 Å². The predicted octanol–water partition coefficient (Wildman–Crippen LogP) is 2.65. The van der Waals surface area contributed by atoms with E-state index in [1.54, 1.807) is 23.0 Å². The van der Waals surface area contributed by atoms with Crippen LogP contribution in [0.3, 0.4) is 0 Å².